The van der Waals surface area contributed by atoms with Crippen LogP contribution in [0.15, 0.2) is 18.2 Å². The van der Waals surface area contributed by atoms with E-state index in [1.165, 1.54) is 7.11 Å². The van der Waals surface area contributed by atoms with Gasteiger partial charge in [-0.2, -0.15) is 0 Å². The summed E-state index contributed by atoms with van der Waals surface area (Å²) >= 11 is 0. The molecule has 0 saturated carbocycles. The first kappa shape index (κ1) is 32.1. The highest BCUT2D eigenvalue weighted by Gasteiger charge is 2.22. The predicted octanol–water partition coefficient (Wildman–Crippen LogP) is 4.24. The maximum Gasteiger partial charge on any atom is 0.323 e. The highest BCUT2D eigenvalue weighted by Crippen LogP contribution is 2.30. The van der Waals surface area contributed by atoms with Crippen molar-refractivity contribution in [1.82, 2.24) is 5.32 Å². The summed E-state index contributed by atoms with van der Waals surface area (Å²) in [6.07, 6.45) is 2.28. The van der Waals surface area contributed by atoms with E-state index in [4.69, 9.17) is 18.9 Å². The molecule has 0 heterocycles. The molecule has 0 aliphatic rings. The lowest BCUT2D eigenvalue weighted by Crippen LogP contribution is -2.41. The fourth-order valence-corrected chi connectivity index (χ4v) is 3.53. The van der Waals surface area contributed by atoms with Crippen molar-refractivity contribution in [1.29, 1.82) is 0 Å². The average Bonchev–Trinajstić information content (AvgIpc) is 2.80. The average molecular weight is 522 g/mol. The van der Waals surface area contributed by atoms with Gasteiger partial charge in [0.2, 0.25) is 0 Å². The van der Waals surface area contributed by atoms with E-state index in [9.17, 15) is 19.2 Å². The molecule has 1 aromatic rings. The second-order valence-corrected chi connectivity index (χ2v) is 10.0. The van der Waals surface area contributed by atoms with Gasteiger partial charge < -0.3 is 24.3 Å². The molecule has 0 amide bonds. The number of carbonyl (C=O) groups is 4. The molecule has 0 saturated heterocycles. The summed E-state index contributed by atoms with van der Waals surface area (Å²) in [5.74, 6) is -1.35. The first-order valence-electron chi connectivity index (χ1n) is 13.0. The minimum Gasteiger partial charge on any atom is -0.468 e. The van der Waals surface area contributed by atoms with Crippen LogP contribution < -0.4 is 14.8 Å². The molecule has 0 aliphatic carbocycles. The van der Waals surface area contributed by atoms with Gasteiger partial charge in [-0.15, -0.1) is 0 Å². The van der Waals surface area contributed by atoms with Gasteiger partial charge in [0.1, 0.15) is 12.6 Å². The standard InChI is InChI=1S/C28H43NO8/c1-8-9-20(6)27(32)35-13-12-29-22(28(33)34-7)16-21-10-11-23(36-25(30)14-18(2)3)24(17-21)37-26(31)15-19(4)5/h10-11,17-20,22,29H,8-9,12-16H2,1-7H3/t20?,22-/m0/s1. The second kappa shape index (κ2) is 16.7. The molecular formula is C28H43NO8. The summed E-state index contributed by atoms with van der Waals surface area (Å²) in [5, 5.41) is 3.06. The lowest BCUT2D eigenvalue weighted by atomic mass is 10.0. The zero-order valence-corrected chi connectivity index (χ0v) is 23.3. The van der Waals surface area contributed by atoms with Crippen molar-refractivity contribution < 1.29 is 38.1 Å². The monoisotopic (exact) mass is 521 g/mol. The molecule has 0 spiro atoms. The minimum absolute atomic E-state index is 0.0922. The number of carbonyl (C=O) groups excluding carboxylic acids is 4. The van der Waals surface area contributed by atoms with Crippen molar-refractivity contribution in [3.8, 4) is 11.5 Å². The Balaban J connectivity index is 2.97. The Kier molecular flexibility index (Phi) is 14.5. The first-order valence-corrected chi connectivity index (χ1v) is 13.0. The lowest BCUT2D eigenvalue weighted by molar-refractivity contribution is -0.148. The Morgan fingerprint density at radius 2 is 1.46 bits per heavy atom. The minimum atomic E-state index is -0.731. The zero-order valence-electron chi connectivity index (χ0n) is 23.3. The Morgan fingerprint density at radius 1 is 0.865 bits per heavy atom. The topological polar surface area (TPSA) is 117 Å². The smallest absolute Gasteiger partial charge is 0.323 e. The van der Waals surface area contributed by atoms with Crippen LogP contribution in [0.5, 0.6) is 11.5 Å². The number of benzene rings is 1. The molecule has 9 heteroatoms. The summed E-state index contributed by atoms with van der Waals surface area (Å²) in [4.78, 5) is 49.0. The molecule has 0 fully saturated rings. The van der Waals surface area contributed by atoms with Gasteiger partial charge in [0.15, 0.2) is 11.5 Å². The van der Waals surface area contributed by atoms with E-state index in [2.05, 4.69) is 5.32 Å². The molecule has 208 valence electrons. The van der Waals surface area contributed by atoms with Crippen molar-refractivity contribution in [2.24, 2.45) is 17.8 Å². The Morgan fingerprint density at radius 3 is 2.00 bits per heavy atom. The molecule has 0 aliphatic heterocycles. The number of hydrogen-bond acceptors (Lipinski definition) is 9. The van der Waals surface area contributed by atoms with Crippen LogP contribution in [0.4, 0.5) is 0 Å². The van der Waals surface area contributed by atoms with E-state index in [1.54, 1.807) is 18.2 Å². The van der Waals surface area contributed by atoms with Gasteiger partial charge in [-0.1, -0.05) is 54.0 Å². The number of esters is 4. The summed E-state index contributed by atoms with van der Waals surface area (Å²) in [6.45, 7) is 11.8. The molecular weight excluding hydrogens is 478 g/mol. The quantitative estimate of drug-likeness (QED) is 0.194. The number of rotatable bonds is 16. The maximum atomic E-state index is 12.4. The molecule has 0 bridgehead atoms. The van der Waals surface area contributed by atoms with Crippen molar-refractivity contribution in [3.63, 3.8) is 0 Å². The van der Waals surface area contributed by atoms with Crippen LogP contribution in [0.25, 0.3) is 0 Å². The fourth-order valence-electron chi connectivity index (χ4n) is 3.53. The van der Waals surface area contributed by atoms with Gasteiger partial charge in [-0.05, 0) is 42.4 Å². The molecule has 0 aromatic heterocycles. The van der Waals surface area contributed by atoms with Gasteiger partial charge in [0.25, 0.3) is 0 Å². The van der Waals surface area contributed by atoms with Crippen LogP contribution in [0.1, 0.15) is 72.8 Å². The lowest BCUT2D eigenvalue weighted by Gasteiger charge is -2.18. The van der Waals surface area contributed by atoms with E-state index in [1.807, 2.05) is 41.5 Å². The molecule has 1 unspecified atom stereocenters. The molecule has 1 N–H and O–H groups in total. The largest absolute Gasteiger partial charge is 0.468 e. The highest BCUT2D eigenvalue weighted by molar-refractivity contribution is 5.77. The third-order valence-electron chi connectivity index (χ3n) is 5.39. The normalized spacial score (nSPS) is 12.7. The molecule has 9 nitrogen and oxygen atoms in total. The Labute approximate surface area is 220 Å². The number of methoxy groups -OCH3 is 1. The number of nitrogens with one attached hydrogen (secondary N) is 1. The predicted molar refractivity (Wildman–Crippen MR) is 139 cm³/mol. The van der Waals surface area contributed by atoms with Crippen molar-refractivity contribution >= 4 is 23.9 Å². The van der Waals surface area contributed by atoms with Crippen LogP contribution in [0, 0.1) is 17.8 Å². The number of hydrogen-bond donors (Lipinski definition) is 1. The van der Waals surface area contributed by atoms with Gasteiger partial charge in [-0.3, -0.25) is 19.2 Å². The molecule has 2 atom stereocenters. The maximum absolute atomic E-state index is 12.4. The SMILES string of the molecule is CCCC(C)C(=O)OCCN[C@@H](Cc1ccc(OC(=O)CC(C)C)c(OC(=O)CC(C)C)c1)C(=O)OC. The second-order valence-electron chi connectivity index (χ2n) is 10.0. The van der Waals surface area contributed by atoms with Gasteiger partial charge in [0, 0.05) is 19.4 Å². The van der Waals surface area contributed by atoms with Crippen LogP contribution in [-0.2, 0) is 35.1 Å². The molecule has 37 heavy (non-hydrogen) atoms. The van der Waals surface area contributed by atoms with Gasteiger partial charge in [-0.25, -0.2) is 0 Å². The van der Waals surface area contributed by atoms with E-state index in [-0.39, 0.29) is 67.6 Å². The van der Waals surface area contributed by atoms with E-state index in [0.717, 1.165) is 12.8 Å². The fraction of sp³-hybridized carbons (Fsp3) is 0.643. The van der Waals surface area contributed by atoms with Crippen molar-refractivity contribution in [3.05, 3.63) is 23.8 Å². The van der Waals surface area contributed by atoms with Crippen LogP contribution in [-0.4, -0.2) is 50.2 Å². The van der Waals surface area contributed by atoms with E-state index < -0.39 is 23.9 Å². The van der Waals surface area contributed by atoms with Crippen molar-refractivity contribution in [2.75, 3.05) is 20.3 Å². The third kappa shape index (κ3) is 12.7. The van der Waals surface area contributed by atoms with Gasteiger partial charge in [0.05, 0.1) is 13.0 Å². The molecule has 1 rings (SSSR count). The first-order chi connectivity index (χ1) is 17.5. The Bertz CT molecular complexity index is 896. The number of ether oxygens (including phenoxy) is 4. The van der Waals surface area contributed by atoms with E-state index in [0.29, 0.717) is 5.56 Å². The summed E-state index contributed by atoms with van der Waals surface area (Å²) in [5.41, 5.74) is 0.660. The zero-order chi connectivity index (χ0) is 28.0. The van der Waals surface area contributed by atoms with Crippen LogP contribution in [0.2, 0.25) is 0 Å². The summed E-state index contributed by atoms with van der Waals surface area (Å²) in [7, 11) is 1.29. The molecule has 0 radical (unpaired) electrons. The van der Waals surface area contributed by atoms with E-state index >= 15 is 0 Å². The molecule has 1 aromatic carbocycles. The third-order valence-corrected chi connectivity index (χ3v) is 5.39. The van der Waals surface area contributed by atoms with Crippen LogP contribution in [0.3, 0.4) is 0 Å². The Hall–Kier alpha value is -2.94. The summed E-state index contributed by atoms with van der Waals surface area (Å²) < 4.78 is 21.2. The van der Waals surface area contributed by atoms with Gasteiger partial charge >= 0.3 is 23.9 Å². The van der Waals surface area contributed by atoms with Crippen LogP contribution >= 0.6 is 0 Å². The van der Waals surface area contributed by atoms with Crippen molar-refractivity contribution in [2.45, 2.75) is 79.7 Å². The highest BCUT2D eigenvalue weighted by atomic mass is 16.6. The summed E-state index contributed by atoms with van der Waals surface area (Å²) in [6, 6.07) is 4.10.